The van der Waals surface area contributed by atoms with E-state index >= 15 is 0 Å². The number of non-ortho nitro benzene ring substituents is 1. The topological polar surface area (TPSA) is 61.6 Å². The van der Waals surface area contributed by atoms with Gasteiger partial charge in [-0.3, -0.25) is 10.1 Å². The van der Waals surface area contributed by atoms with Crippen LogP contribution in [0.4, 0.5) is 5.69 Å². The number of aryl methyl sites for hydroxylation is 1. The number of benzene rings is 1. The van der Waals surface area contributed by atoms with E-state index in [1.807, 2.05) is 6.92 Å². The van der Waals surface area contributed by atoms with E-state index in [0.717, 1.165) is 26.8 Å². The molecule has 0 aliphatic carbocycles. The number of ether oxygens (including phenoxy) is 2. The Labute approximate surface area is 113 Å². The Morgan fingerprint density at radius 2 is 1.79 bits per heavy atom. The minimum atomic E-state index is -0.404. The van der Waals surface area contributed by atoms with Crippen LogP contribution in [0.15, 0.2) is 24.3 Å². The second-order valence-electron chi connectivity index (χ2n) is 4.15. The third-order valence-corrected chi connectivity index (χ3v) is 4.02. The molecule has 0 saturated heterocycles. The SMILES string of the molecule is Cc1sc(-c2ccc([N+](=O)[O-])cc2)c2c1OCCO2. The fourth-order valence-electron chi connectivity index (χ4n) is 2.02. The van der Waals surface area contributed by atoms with Crippen LogP contribution in [0.5, 0.6) is 11.5 Å². The summed E-state index contributed by atoms with van der Waals surface area (Å²) in [5.41, 5.74) is 0.994. The maximum absolute atomic E-state index is 10.6. The zero-order valence-electron chi connectivity index (χ0n) is 10.2. The number of rotatable bonds is 2. The third-order valence-electron chi connectivity index (χ3n) is 2.90. The molecule has 98 valence electrons. The predicted molar refractivity (Wildman–Crippen MR) is 72.1 cm³/mol. The summed E-state index contributed by atoms with van der Waals surface area (Å²) < 4.78 is 11.3. The minimum Gasteiger partial charge on any atom is -0.485 e. The monoisotopic (exact) mass is 277 g/mol. The van der Waals surface area contributed by atoms with Crippen molar-refractivity contribution in [1.29, 1.82) is 0 Å². The molecule has 0 fully saturated rings. The van der Waals surface area contributed by atoms with E-state index in [1.165, 1.54) is 12.1 Å². The molecule has 2 aromatic rings. The Morgan fingerprint density at radius 3 is 2.42 bits per heavy atom. The maximum Gasteiger partial charge on any atom is 0.269 e. The molecule has 0 saturated carbocycles. The molecule has 3 rings (SSSR count). The number of thiophene rings is 1. The zero-order chi connectivity index (χ0) is 13.4. The lowest BCUT2D eigenvalue weighted by molar-refractivity contribution is -0.384. The Morgan fingerprint density at radius 1 is 1.16 bits per heavy atom. The molecule has 1 aromatic heterocycles. The molecule has 0 bridgehead atoms. The van der Waals surface area contributed by atoms with Crippen molar-refractivity contribution in [1.82, 2.24) is 0 Å². The number of nitrogens with zero attached hydrogens (tertiary/aromatic N) is 1. The van der Waals surface area contributed by atoms with Gasteiger partial charge in [0.05, 0.1) is 9.80 Å². The number of hydrogen-bond donors (Lipinski definition) is 0. The van der Waals surface area contributed by atoms with Crippen molar-refractivity contribution >= 4 is 17.0 Å². The fourth-order valence-corrected chi connectivity index (χ4v) is 3.07. The van der Waals surface area contributed by atoms with E-state index in [1.54, 1.807) is 23.5 Å². The molecule has 0 amide bonds. The summed E-state index contributed by atoms with van der Waals surface area (Å²) in [6, 6.07) is 6.48. The third kappa shape index (κ3) is 2.04. The van der Waals surface area contributed by atoms with Gasteiger partial charge in [-0.05, 0) is 24.6 Å². The lowest BCUT2D eigenvalue weighted by Crippen LogP contribution is -2.14. The van der Waals surface area contributed by atoms with Crippen molar-refractivity contribution in [3.63, 3.8) is 0 Å². The number of nitro groups is 1. The largest absolute Gasteiger partial charge is 0.485 e. The highest BCUT2D eigenvalue weighted by molar-refractivity contribution is 7.16. The molecule has 1 aliphatic heterocycles. The van der Waals surface area contributed by atoms with Crippen molar-refractivity contribution in [2.75, 3.05) is 13.2 Å². The van der Waals surface area contributed by atoms with Gasteiger partial charge in [-0.2, -0.15) is 0 Å². The van der Waals surface area contributed by atoms with Gasteiger partial charge in [0.25, 0.3) is 5.69 Å². The number of nitro benzene ring substituents is 1. The summed E-state index contributed by atoms with van der Waals surface area (Å²) in [7, 11) is 0. The van der Waals surface area contributed by atoms with Crippen LogP contribution in [0, 0.1) is 17.0 Å². The molecular formula is C13H11NO4S. The van der Waals surface area contributed by atoms with Crippen LogP contribution in [0.1, 0.15) is 4.88 Å². The highest BCUT2D eigenvalue weighted by Gasteiger charge is 2.23. The van der Waals surface area contributed by atoms with E-state index < -0.39 is 4.92 Å². The van der Waals surface area contributed by atoms with E-state index in [-0.39, 0.29) is 5.69 Å². The Kier molecular flexibility index (Phi) is 2.87. The summed E-state index contributed by atoms with van der Waals surface area (Å²) in [5.74, 6) is 1.55. The Hall–Kier alpha value is -2.08. The molecule has 0 spiro atoms. The van der Waals surface area contributed by atoms with Crippen LogP contribution in [0.3, 0.4) is 0 Å². The quantitative estimate of drug-likeness (QED) is 0.623. The molecule has 1 aromatic carbocycles. The second-order valence-corrected chi connectivity index (χ2v) is 5.37. The lowest BCUT2D eigenvalue weighted by Gasteiger charge is -2.16. The van der Waals surface area contributed by atoms with E-state index in [4.69, 9.17) is 9.47 Å². The Bertz CT molecular complexity index is 633. The van der Waals surface area contributed by atoms with Crippen LogP contribution in [0.2, 0.25) is 0 Å². The number of hydrogen-bond acceptors (Lipinski definition) is 5. The van der Waals surface area contributed by atoms with Crippen LogP contribution >= 0.6 is 11.3 Å². The highest BCUT2D eigenvalue weighted by atomic mass is 32.1. The number of fused-ring (bicyclic) bond motifs is 1. The van der Waals surface area contributed by atoms with Crippen LogP contribution in [-0.4, -0.2) is 18.1 Å². The average molecular weight is 277 g/mol. The van der Waals surface area contributed by atoms with Gasteiger partial charge < -0.3 is 9.47 Å². The van der Waals surface area contributed by atoms with E-state index in [2.05, 4.69) is 0 Å². The van der Waals surface area contributed by atoms with Crippen molar-refractivity contribution < 1.29 is 14.4 Å². The van der Waals surface area contributed by atoms with E-state index in [9.17, 15) is 10.1 Å². The van der Waals surface area contributed by atoms with Gasteiger partial charge in [0, 0.05) is 17.0 Å². The predicted octanol–water partition coefficient (Wildman–Crippen LogP) is 3.40. The molecule has 0 radical (unpaired) electrons. The standard InChI is InChI=1S/C13H11NO4S/c1-8-11-12(18-7-6-17-11)13(19-8)9-2-4-10(5-3-9)14(15)16/h2-5H,6-7H2,1H3. The first-order valence-corrected chi connectivity index (χ1v) is 6.62. The molecule has 19 heavy (non-hydrogen) atoms. The normalized spacial score (nSPS) is 13.3. The summed E-state index contributed by atoms with van der Waals surface area (Å²) in [5, 5.41) is 10.6. The van der Waals surface area contributed by atoms with Crippen molar-refractivity contribution in [3.05, 3.63) is 39.3 Å². The summed E-state index contributed by atoms with van der Waals surface area (Å²) in [6.45, 7) is 3.07. The molecule has 6 heteroatoms. The van der Waals surface area contributed by atoms with Crippen LogP contribution in [0.25, 0.3) is 10.4 Å². The summed E-state index contributed by atoms with van der Waals surface area (Å²) in [4.78, 5) is 12.3. The van der Waals surface area contributed by atoms with Crippen LogP contribution in [-0.2, 0) is 0 Å². The van der Waals surface area contributed by atoms with Gasteiger partial charge in [0.15, 0.2) is 11.5 Å². The minimum absolute atomic E-state index is 0.0862. The Balaban J connectivity index is 2.04. The fraction of sp³-hybridized carbons (Fsp3) is 0.231. The molecule has 0 N–H and O–H groups in total. The van der Waals surface area contributed by atoms with Crippen LogP contribution < -0.4 is 9.47 Å². The molecular weight excluding hydrogens is 266 g/mol. The van der Waals surface area contributed by atoms with Gasteiger partial charge in [0.2, 0.25) is 0 Å². The summed E-state index contributed by atoms with van der Waals surface area (Å²) in [6.07, 6.45) is 0. The first kappa shape index (κ1) is 12.0. The van der Waals surface area contributed by atoms with Crippen molar-refractivity contribution in [2.45, 2.75) is 6.92 Å². The van der Waals surface area contributed by atoms with Gasteiger partial charge in [0.1, 0.15) is 13.2 Å². The molecule has 2 heterocycles. The summed E-state index contributed by atoms with van der Waals surface area (Å²) >= 11 is 1.58. The molecule has 5 nitrogen and oxygen atoms in total. The zero-order valence-corrected chi connectivity index (χ0v) is 11.0. The van der Waals surface area contributed by atoms with Gasteiger partial charge >= 0.3 is 0 Å². The van der Waals surface area contributed by atoms with Gasteiger partial charge in [-0.1, -0.05) is 0 Å². The first-order chi connectivity index (χ1) is 9.16. The second kappa shape index (κ2) is 4.55. The van der Waals surface area contributed by atoms with Crippen molar-refractivity contribution in [3.8, 4) is 21.9 Å². The van der Waals surface area contributed by atoms with E-state index in [0.29, 0.717) is 13.2 Å². The van der Waals surface area contributed by atoms with Crippen molar-refractivity contribution in [2.24, 2.45) is 0 Å². The first-order valence-electron chi connectivity index (χ1n) is 5.80. The highest BCUT2D eigenvalue weighted by Crippen LogP contribution is 2.48. The molecule has 0 atom stereocenters. The van der Waals surface area contributed by atoms with Gasteiger partial charge in [-0.25, -0.2) is 0 Å². The lowest BCUT2D eigenvalue weighted by atomic mass is 10.1. The maximum atomic E-state index is 10.6. The smallest absolute Gasteiger partial charge is 0.269 e. The molecule has 1 aliphatic rings. The average Bonchev–Trinajstić information content (AvgIpc) is 2.77. The van der Waals surface area contributed by atoms with Gasteiger partial charge in [-0.15, -0.1) is 11.3 Å². The molecule has 0 unspecified atom stereocenters.